The van der Waals surface area contributed by atoms with Crippen molar-refractivity contribution in [3.05, 3.63) is 82.8 Å². The second-order valence-corrected chi connectivity index (χ2v) is 10.5. The van der Waals surface area contributed by atoms with Gasteiger partial charge in [0.25, 0.3) is 10.0 Å². The lowest BCUT2D eigenvalue weighted by Gasteiger charge is -2.25. The zero-order chi connectivity index (χ0) is 22.0. The third-order valence-corrected chi connectivity index (χ3v) is 7.90. The van der Waals surface area contributed by atoms with Crippen molar-refractivity contribution in [3.63, 3.8) is 0 Å². The number of methoxy groups -OCH3 is 1. The summed E-state index contributed by atoms with van der Waals surface area (Å²) in [7, 11) is -2.13. The molecule has 1 heterocycles. The fourth-order valence-corrected chi connectivity index (χ4v) is 5.76. The SMILES string of the molecule is COc1ccc(N2C(=O)CSC2c2cccc(NS(=O)(=O)c3ccc(Br)cc3)c2)cc1. The summed E-state index contributed by atoms with van der Waals surface area (Å²) in [6, 6.07) is 20.9. The second-order valence-electron chi connectivity index (χ2n) is 6.81. The van der Waals surface area contributed by atoms with E-state index in [2.05, 4.69) is 20.7 Å². The molecule has 1 saturated heterocycles. The Kier molecular flexibility index (Phi) is 6.27. The number of hydrogen-bond acceptors (Lipinski definition) is 5. The number of hydrogen-bond donors (Lipinski definition) is 1. The van der Waals surface area contributed by atoms with Crippen LogP contribution in [0.15, 0.2) is 82.2 Å². The lowest BCUT2D eigenvalue weighted by Crippen LogP contribution is -2.27. The number of anilines is 2. The van der Waals surface area contributed by atoms with Crippen LogP contribution in [0.2, 0.25) is 0 Å². The second kappa shape index (κ2) is 8.94. The van der Waals surface area contributed by atoms with Gasteiger partial charge < -0.3 is 4.74 Å². The number of amides is 1. The van der Waals surface area contributed by atoms with Crippen LogP contribution in [0.3, 0.4) is 0 Å². The first-order valence-corrected chi connectivity index (χ1v) is 12.7. The maximum Gasteiger partial charge on any atom is 0.261 e. The molecule has 0 aliphatic carbocycles. The number of carbonyl (C=O) groups is 1. The van der Waals surface area contributed by atoms with Crippen molar-refractivity contribution >= 4 is 55.0 Å². The normalized spacial score (nSPS) is 16.4. The predicted molar refractivity (Wildman–Crippen MR) is 127 cm³/mol. The maximum absolute atomic E-state index is 12.7. The Hall–Kier alpha value is -2.49. The van der Waals surface area contributed by atoms with E-state index in [4.69, 9.17) is 4.74 Å². The zero-order valence-electron chi connectivity index (χ0n) is 16.5. The van der Waals surface area contributed by atoms with Gasteiger partial charge in [-0.3, -0.25) is 14.4 Å². The third kappa shape index (κ3) is 4.73. The summed E-state index contributed by atoms with van der Waals surface area (Å²) in [4.78, 5) is 14.5. The summed E-state index contributed by atoms with van der Waals surface area (Å²) in [6.45, 7) is 0. The lowest BCUT2D eigenvalue weighted by molar-refractivity contribution is -0.115. The van der Waals surface area contributed by atoms with Crippen molar-refractivity contribution in [1.29, 1.82) is 0 Å². The predicted octanol–water partition coefficient (Wildman–Crippen LogP) is 5.04. The molecule has 9 heteroatoms. The molecule has 1 aliphatic heterocycles. The summed E-state index contributed by atoms with van der Waals surface area (Å²) in [5, 5.41) is -0.252. The van der Waals surface area contributed by atoms with Crippen molar-refractivity contribution in [2.75, 3.05) is 22.5 Å². The summed E-state index contributed by atoms with van der Waals surface area (Å²) >= 11 is 4.81. The maximum atomic E-state index is 12.7. The summed E-state index contributed by atoms with van der Waals surface area (Å²) in [5.41, 5.74) is 2.04. The molecule has 0 bridgehead atoms. The number of sulfonamides is 1. The van der Waals surface area contributed by atoms with Gasteiger partial charge in [-0.1, -0.05) is 28.1 Å². The largest absolute Gasteiger partial charge is 0.497 e. The Morgan fingerprint density at radius 2 is 1.77 bits per heavy atom. The number of thioether (sulfide) groups is 1. The van der Waals surface area contributed by atoms with E-state index < -0.39 is 10.0 Å². The van der Waals surface area contributed by atoms with Gasteiger partial charge in [0.2, 0.25) is 5.91 Å². The van der Waals surface area contributed by atoms with E-state index in [1.54, 1.807) is 42.3 Å². The molecule has 0 spiro atoms. The van der Waals surface area contributed by atoms with Crippen LogP contribution in [-0.2, 0) is 14.8 Å². The highest BCUT2D eigenvalue weighted by molar-refractivity contribution is 9.10. The molecule has 1 unspecified atom stereocenters. The van der Waals surface area contributed by atoms with Crippen molar-refractivity contribution in [3.8, 4) is 5.75 Å². The molecular formula is C22H19BrN2O4S2. The van der Waals surface area contributed by atoms with Gasteiger partial charge in [0.15, 0.2) is 0 Å². The fourth-order valence-electron chi connectivity index (χ4n) is 3.28. The Balaban J connectivity index is 1.60. The Bertz CT molecular complexity index is 1200. The van der Waals surface area contributed by atoms with Gasteiger partial charge in [-0.05, 0) is 66.2 Å². The molecule has 4 rings (SSSR count). The molecule has 6 nitrogen and oxygen atoms in total. The molecular weight excluding hydrogens is 500 g/mol. The van der Waals surface area contributed by atoms with E-state index >= 15 is 0 Å². The average molecular weight is 519 g/mol. The average Bonchev–Trinajstić information content (AvgIpc) is 3.15. The molecule has 1 atom stereocenters. The van der Waals surface area contributed by atoms with Crippen LogP contribution in [0.5, 0.6) is 5.75 Å². The number of rotatable bonds is 6. The molecule has 0 radical (unpaired) electrons. The number of carbonyl (C=O) groups excluding carboxylic acids is 1. The fraction of sp³-hybridized carbons (Fsp3) is 0.136. The van der Waals surface area contributed by atoms with Gasteiger partial charge >= 0.3 is 0 Å². The number of halogens is 1. The van der Waals surface area contributed by atoms with E-state index in [0.29, 0.717) is 17.2 Å². The molecule has 0 aromatic heterocycles. The van der Waals surface area contributed by atoms with Crippen LogP contribution >= 0.6 is 27.7 Å². The van der Waals surface area contributed by atoms with Gasteiger partial charge in [-0.2, -0.15) is 0 Å². The third-order valence-electron chi connectivity index (χ3n) is 4.77. The molecule has 0 saturated carbocycles. The zero-order valence-corrected chi connectivity index (χ0v) is 19.7. The minimum Gasteiger partial charge on any atom is -0.497 e. The number of ether oxygens (including phenoxy) is 1. The Morgan fingerprint density at radius 3 is 2.45 bits per heavy atom. The van der Waals surface area contributed by atoms with Crippen LogP contribution in [-0.4, -0.2) is 27.2 Å². The van der Waals surface area contributed by atoms with Gasteiger partial charge in [0, 0.05) is 15.8 Å². The number of benzene rings is 3. The highest BCUT2D eigenvalue weighted by atomic mass is 79.9. The molecule has 3 aromatic carbocycles. The van der Waals surface area contributed by atoms with Crippen molar-refractivity contribution in [2.24, 2.45) is 0 Å². The quantitative estimate of drug-likeness (QED) is 0.494. The molecule has 1 N–H and O–H groups in total. The number of nitrogens with zero attached hydrogens (tertiary/aromatic N) is 1. The van der Waals surface area contributed by atoms with E-state index in [-0.39, 0.29) is 16.2 Å². The molecule has 31 heavy (non-hydrogen) atoms. The van der Waals surface area contributed by atoms with Gasteiger partial charge in [-0.15, -0.1) is 11.8 Å². The van der Waals surface area contributed by atoms with E-state index in [1.165, 1.54) is 23.9 Å². The van der Waals surface area contributed by atoms with Crippen LogP contribution in [0.25, 0.3) is 0 Å². The first-order valence-electron chi connectivity index (χ1n) is 9.33. The Morgan fingerprint density at radius 1 is 1.06 bits per heavy atom. The van der Waals surface area contributed by atoms with Crippen LogP contribution in [0.1, 0.15) is 10.9 Å². The molecule has 1 aliphatic rings. The number of nitrogens with one attached hydrogen (secondary N) is 1. The first kappa shape index (κ1) is 21.7. The van der Waals surface area contributed by atoms with Crippen molar-refractivity contribution in [1.82, 2.24) is 0 Å². The van der Waals surface area contributed by atoms with Crippen molar-refractivity contribution < 1.29 is 17.9 Å². The standard InChI is InChI=1S/C22H19BrN2O4S2/c1-29-19-9-7-18(8-10-19)25-21(26)14-30-22(25)15-3-2-4-17(13-15)24-31(27,28)20-11-5-16(23)6-12-20/h2-13,22,24H,14H2,1H3. The smallest absolute Gasteiger partial charge is 0.261 e. The minimum atomic E-state index is -3.73. The van der Waals surface area contributed by atoms with E-state index in [9.17, 15) is 13.2 Å². The van der Waals surface area contributed by atoms with Gasteiger partial charge in [-0.25, -0.2) is 8.42 Å². The van der Waals surface area contributed by atoms with Gasteiger partial charge in [0.05, 0.1) is 17.8 Å². The van der Waals surface area contributed by atoms with Gasteiger partial charge in [0.1, 0.15) is 11.1 Å². The topological polar surface area (TPSA) is 75.7 Å². The Labute approximate surface area is 193 Å². The van der Waals surface area contributed by atoms with E-state index in [1.807, 2.05) is 30.3 Å². The van der Waals surface area contributed by atoms with Crippen LogP contribution in [0.4, 0.5) is 11.4 Å². The summed E-state index contributed by atoms with van der Waals surface area (Å²) in [6.07, 6.45) is 0. The minimum absolute atomic E-state index is 0.000938. The molecule has 3 aromatic rings. The van der Waals surface area contributed by atoms with E-state index in [0.717, 1.165) is 15.7 Å². The highest BCUT2D eigenvalue weighted by Gasteiger charge is 2.34. The van der Waals surface area contributed by atoms with Crippen LogP contribution in [0, 0.1) is 0 Å². The lowest BCUT2D eigenvalue weighted by atomic mass is 10.1. The molecule has 1 amide bonds. The highest BCUT2D eigenvalue weighted by Crippen LogP contribution is 2.42. The van der Waals surface area contributed by atoms with Crippen LogP contribution < -0.4 is 14.4 Å². The molecule has 1 fully saturated rings. The first-order chi connectivity index (χ1) is 14.9. The monoisotopic (exact) mass is 518 g/mol. The van der Waals surface area contributed by atoms with Crippen molar-refractivity contribution in [2.45, 2.75) is 10.3 Å². The molecule has 160 valence electrons. The summed E-state index contributed by atoms with van der Waals surface area (Å²) in [5.74, 6) is 1.07. The summed E-state index contributed by atoms with van der Waals surface area (Å²) < 4.78 is 34.1.